The summed E-state index contributed by atoms with van der Waals surface area (Å²) < 4.78 is 25.9. The van der Waals surface area contributed by atoms with E-state index >= 15 is 0 Å². The van der Waals surface area contributed by atoms with Gasteiger partial charge in [0.1, 0.15) is 11.6 Å². The molecule has 0 aliphatic rings. The van der Waals surface area contributed by atoms with Crippen LogP contribution in [0, 0.1) is 11.6 Å². The Bertz CT molecular complexity index is 487. The first kappa shape index (κ1) is 15.6. The van der Waals surface area contributed by atoms with Crippen molar-refractivity contribution in [3.8, 4) is 0 Å². The Morgan fingerprint density at radius 1 is 0.810 bits per heavy atom. The molecule has 1 N–H and O–H groups in total. The summed E-state index contributed by atoms with van der Waals surface area (Å²) in [4.78, 5) is 0. The minimum atomic E-state index is -0.213. The van der Waals surface area contributed by atoms with E-state index in [-0.39, 0.29) is 17.7 Å². The molecule has 0 heterocycles. The van der Waals surface area contributed by atoms with Crippen LogP contribution in [-0.2, 0) is 12.8 Å². The topological polar surface area (TPSA) is 12.0 Å². The van der Waals surface area contributed by atoms with Gasteiger partial charge in [0.2, 0.25) is 0 Å². The molecule has 0 bridgehead atoms. The molecule has 2 rings (SSSR count). The van der Waals surface area contributed by atoms with E-state index in [4.69, 9.17) is 0 Å². The fourth-order valence-electron chi connectivity index (χ4n) is 2.37. The maximum Gasteiger partial charge on any atom is 0.123 e. The summed E-state index contributed by atoms with van der Waals surface area (Å²) in [6, 6.07) is 13.5. The van der Waals surface area contributed by atoms with Crippen LogP contribution in [0.1, 0.15) is 24.5 Å². The molecule has 0 amide bonds. The van der Waals surface area contributed by atoms with E-state index in [1.165, 1.54) is 24.3 Å². The Morgan fingerprint density at radius 2 is 1.24 bits per heavy atom. The third-order valence-corrected chi connectivity index (χ3v) is 3.47. The van der Waals surface area contributed by atoms with Gasteiger partial charge in [-0.15, -0.1) is 0 Å². The second kappa shape index (κ2) is 7.89. The first-order chi connectivity index (χ1) is 10.2. The lowest BCUT2D eigenvalue weighted by Crippen LogP contribution is -2.33. The lowest BCUT2D eigenvalue weighted by atomic mass is 9.99. The third kappa shape index (κ3) is 5.27. The molecule has 0 radical (unpaired) electrons. The van der Waals surface area contributed by atoms with E-state index in [1.54, 1.807) is 0 Å². The molecule has 0 spiro atoms. The van der Waals surface area contributed by atoms with Gasteiger partial charge >= 0.3 is 0 Å². The monoisotopic (exact) mass is 289 g/mol. The van der Waals surface area contributed by atoms with Gasteiger partial charge in [-0.2, -0.15) is 0 Å². The molecule has 0 saturated heterocycles. The van der Waals surface area contributed by atoms with Gasteiger partial charge in [0, 0.05) is 6.04 Å². The van der Waals surface area contributed by atoms with Gasteiger partial charge in [-0.1, -0.05) is 31.2 Å². The largest absolute Gasteiger partial charge is 0.313 e. The Morgan fingerprint density at radius 3 is 1.62 bits per heavy atom. The van der Waals surface area contributed by atoms with Gasteiger partial charge in [0.25, 0.3) is 0 Å². The van der Waals surface area contributed by atoms with Crippen LogP contribution in [0.4, 0.5) is 8.78 Å². The highest BCUT2D eigenvalue weighted by Gasteiger charge is 2.10. The number of nitrogens with one attached hydrogen (secondary N) is 1. The van der Waals surface area contributed by atoms with Crippen molar-refractivity contribution in [2.75, 3.05) is 6.54 Å². The molecule has 0 aliphatic carbocycles. The summed E-state index contributed by atoms with van der Waals surface area (Å²) in [5.74, 6) is -0.425. The molecule has 0 aromatic heterocycles. The summed E-state index contributed by atoms with van der Waals surface area (Å²) in [7, 11) is 0. The van der Waals surface area contributed by atoms with Crippen LogP contribution in [0.15, 0.2) is 48.5 Å². The highest BCUT2D eigenvalue weighted by Crippen LogP contribution is 2.11. The van der Waals surface area contributed by atoms with Crippen LogP contribution < -0.4 is 5.32 Å². The summed E-state index contributed by atoms with van der Waals surface area (Å²) in [5, 5.41) is 3.51. The summed E-state index contributed by atoms with van der Waals surface area (Å²) in [5.41, 5.74) is 2.21. The first-order valence-electron chi connectivity index (χ1n) is 7.39. The number of halogens is 2. The molecule has 112 valence electrons. The predicted octanol–water partition coefficient (Wildman–Crippen LogP) is 4.12. The van der Waals surface area contributed by atoms with E-state index in [2.05, 4.69) is 12.2 Å². The minimum Gasteiger partial charge on any atom is -0.313 e. The lowest BCUT2D eigenvalue weighted by Gasteiger charge is -2.19. The van der Waals surface area contributed by atoms with Gasteiger partial charge < -0.3 is 5.32 Å². The summed E-state index contributed by atoms with van der Waals surface area (Å²) >= 11 is 0. The zero-order valence-electron chi connectivity index (χ0n) is 12.3. The van der Waals surface area contributed by atoms with E-state index in [1.807, 2.05) is 24.3 Å². The average molecular weight is 289 g/mol. The summed E-state index contributed by atoms with van der Waals surface area (Å²) in [6.45, 7) is 3.06. The SMILES string of the molecule is CCCNC(Cc1ccc(F)cc1)Cc1ccc(F)cc1. The molecular weight excluding hydrogens is 268 g/mol. The van der Waals surface area contributed by atoms with Crippen LogP contribution in [0.5, 0.6) is 0 Å². The molecule has 2 aromatic carbocycles. The third-order valence-electron chi connectivity index (χ3n) is 3.47. The Labute approximate surface area is 125 Å². The van der Waals surface area contributed by atoms with E-state index in [9.17, 15) is 8.78 Å². The Kier molecular flexibility index (Phi) is 5.88. The Hall–Kier alpha value is -1.74. The molecule has 1 nitrogen and oxygen atoms in total. The molecular formula is C18H21F2N. The molecule has 0 saturated carbocycles. The average Bonchev–Trinajstić information content (AvgIpc) is 2.49. The normalized spacial score (nSPS) is 11.0. The van der Waals surface area contributed by atoms with Crippen molar-refractivity contribution in [3.05, 3.63) is 71.3 Å². The molecule has 0 atom stereocenters. The highest BCUT2D eigenvalue weighted by molar-refractivity contribution is 5.20. The van der Waals surface area contributed by atoms with Crippen molar-refractivity contribution in [1.82, 2.24) is 5.32 Å². The van der Waals surface area contributed by atoms with Gasteiger partial charge in [-0.3, -0.25) is 0 Å². The standard InChI is InChI=1S/C18H21F2N/c1-2-11-21-18(12-14-3-7-16(19)8-4-14)13-15-5-9-17(20)10-6-15/h3-10,18,21H,2,11-13H2,1H3. The molecule has 0 aliphatic heterocycles. The smallest absolute Gasteiger partial charge is 0.123 e. The van der Waals surface area contributed by atoms with E-state index in [0.29, 0.717) is 0 Å². The van der Waals surface area contributed by atoms with Gasteiger partial charge in [0.15, 0.2) is 0 Å². The molecule has 3 heteroatoms. The maximum absolute atomic E-state index is 13.0. The van der Waals surface area contributed by atoms with Crippen LogP contribution in [0.3, 0.4) is 0 Å². The van der Waals surface area contributed by atoms with Gasteiger partial charge in [-0.05, 0) is 61.2 Å². The number of rotatable bonds is 7. The van der Waals surface area contributed by atoms with Crippen LogP contribution in [0.25, 0.3) is 0 Å². The lowest BCUT2D eigenvalue weighted by molar-refractivity contribution is 0.503. The number of hydrogen-bond donors (Lipinski definition) is 1. The van der Waals surface area contributed by atoms with Gasteiger partial charge in [0.05, 0.1) is 0 Å². The van der Waals surface area contributed by atoms with Crippen molar-refractivity contribution < 1.29 is 8.78 Å². The second-order valence-electron chi connectivity index (χ2n) is 5.31. The van der Waals surface area contributed by atoms with Crippen LogP contribution >= 0.6 is 0 Å². The van der Waals surface area contributed by atoms with E-state index in [0.717, 1.165) is 36.9 Å². The number of benzene rings is 2. The van der Waals surface area contributed by atoms with Crippen LogP contribution in [-0.4, -0.2) is 12.6 Å². The van der Waals surface area contributed by atoms with Crippen molar-refractivity contribution in [1.29, 1.82) is 0 Å². The molecule has 2 aromatic rings. The zero-order chi connectivity index (χ0) is 15.1. The molecule has 0 fully saturated rings. The second-order valence-corrected chi connectivity index (χ2v) is 5.31. The molecule has 21 heavy (non-hydrogen) atoms. The fourth-order valence-corrected chi connectivity index (χ4v) is 2.37. The van der Waals surface area contributed by atoms with Crippen LogP contribution in [0.2, 0.25) is 0 Å². The highest BCUT2D eigenvalue weighted by atomic mass is 19.1. The van der Waals surface area contributed by atoms with Crippen molar-refractivity contribution >= 4 is 0 Å². The quantitative estimate of drug-likeness (QED) is 0.808. The van der Waals surface area contributed by atoms with Crippen molar-refractivity contribution in [3.63, 3.8) is 0 Å². The minimum absolute atomic E-state index is 0.213. The fraction of sp³-hybridized carbons (Fsp3) is 0.333. The van der Waals surface area contributed by atoms with Crippen molar-refractivity contribution in [2.45, 2.75) is 32.2 Å². The molecule has 0 unspecified atom stereocenters. The zero-order valence-corrected chi connectivity index (χ0v) is 12.3. The number of hydrogen-bond acceptors (Lipinski definition) is 1. The summed E-state index contributed by atoms with van der Waals surface area (Å²) in [6.07, 6.45) is 2.72. The van der Waals surface area contributed by atoms with Crippen molar-refractivity contribution in [2.24, 2.45) is 0 Å². The first-order valence-corrected chi connectivity index (χ1v) is 7.39. The Balaban J connectivity index is 2.02. The van der Waals surface area contributed by atoms with Gasteiger partial charge in [-0.25, -0.2) is 8.78 Å². The maximum atomic E-state index is 13.0. The predicted molar refractivity (Wildman–Crippen MR) is 82.3 cm³/mol. The van der Waals surface area contributed by atoms with E-state index < -0.39 is 0 Å².